The van der Waals surface area contributed by atoms with Gasteiger partial charge in [-0.05, 0) is 31.4 Å². The van der Waals surface area contributed by atoms with Crippen LogP contribution in [0.3, 0.4) is 0 Å². The first-order valence-electron chi connectivity index (χ1n) is 8.26. The minimum atomic E-state index is 0.460. The lowest BCUT2D eigenvalue weighted by Gasteiger charge is -2.35. The van der Waals surface area contributed by atoms with Gasteiger partial charge in [0.2, 0.25) is 0 Å². The Morgan fingerprint density at radius 3 is 2.43 bits per heavy atom. The van der Waals surface area contributed by atoms with Crippen molar-refractivity contribution in [1.29, 1.82) is 0 Å². The van der Waals surface area contributed by atoms with Crippen LogP contribution >= 0.6 is 0 Å². The SMILES string of the molecule is Cc1ccc(C(CNCCC(C)C)N2CCOCC2)cc1. The van der Waals surface area contributed by atoms with Crippen molar-refractivity contribution in [3.63, 3.8) is 0 Å². The molecule has 2 rings (SSSR count). The molecule has 0 aliphatic carbocycles. The van der Waals surface area contributed by atoms with Crippen LogP contribution in [0.2, 0.25) is 0 Å². The highest BCUT2D eigenvalue weighted by atomic mass is 16.5. The van der Waals surface area contributed by atoms with E-state index >= 15 is 0 Å². The van der Waals surface area contributed by atoms with Gasteiger partial charge in [0.1, 0.15) is 0 Å². The molecule has 1 saturated heterocycles. The summed E-state index contributed by atoms with van der Waals surface area (Å²) in [6.07, 6.45) is 1.24. The Morgan fingerprint density at radius 2 is 1.81 bits per heavy atom. The van der Waals surface area contributed by atoms with E-state index in [1.165, 1.54) is 17.5 Å². The molecule has 0 bridgehead atoms. The number of morpholine rings is 1. The Labute approximate surface area is 129 Å². The maximum absolute atomic E-state index is 5.50. The number of hydrogen-bond acceptors (Lipinski definition) is 3. The summed E-state index contributed by atoms with van der Waals surface area (Å²) in [5, 5.41) is 3.64. The van der Waals surface area contributed by atoms with Crippen molar-refractivity contribution in [2.75, 3.05) is 39.4 Å². The van der Waals surface area contributed by atoms with Crippen LogP contribution < -0.4 is 5.32 Å². The number of nitrogens with zero attached hydrogens (tertiary/aromatic N) is 1. The zero-order chi connectivity index (χ0) is 15.1. The molecular weight excluding hydrogens is 260 g/mol. The van der Waals surface area contributed by atoms with Crippen LogP contribution in [0.5, 0.6) is 0 Å². The maximum atomic E-state index is 5.50. The van der Waals surface area contributed by atoms with Gasteiger partial charge in [-0.2, -0.15) is 0 Å². The number of benzene rings is 1. The number of rotatable bonds is 7. The van der Waals surface area contributed by atoms with Crippen LogP contribution in [0.4, 0.5) is 0 Å². The molecule has 118 valence electrons. The van der Waals surface area contributed by atoms with Gasteiger partial charge in [0.05, 0.1) is 13.2 Å². The fourth-order valence-electron chi connectivity index (χ4n) is 2.77. The second kappa shape index (κ2) is 8.52. The van der Waals surface area contributed by atoms with Crippen molar-refractivity contribution in [1.82, 2.24) is 10.2 Å². The van der Waals surface area contributed by atoms with Crippen molar-refractivity contribution in [3.8, 4) is 0 Å². The van der Waals surface area contributed by atoms with Crippen LogP contribution in [0, 0.1) is 12.8 Å². The number of hydrogen-bond donors (Lipinski definition) is 1. The zero-order valence-electron chi connectivity index (χ0n) is 13.8. The highest BCUT2D eigenvalue weighted by Gasteiger charge is 2.22. The number of ether oxygens (including phenoxy) is 1. The van der Waals surface area contributed by atoms with E-state index in [2.05, 4.69) is 55.3 Å². The van der Waals surface area contributed by atoms with Crippen molar-refractivity contribution >= 4 is 0 Å². The van der Waals surface area contributed by atoms with Gasteiger partial charge in [-0.15, -0.1) is 0 Å². The van der Waals surface area contributed by atoms with E-state index < -0.39 is 0 Å². The molecule has 1 heterocycles. The predicted octanol–water partition coefficient (Wildman–Crippen LogP) is 3.00. The van der Waals surface area contributed by atoms with E-state index in [1.54, 1.807) is 0 Å². The second-order valence-electron chi connectivity index (χ2n) is 6.46. The highest BCUT2D eigenvalue weighted by Crippen LogP contribution is 2.21. The highest BCUT2D eigenvalue weighted by molar-refractivity contribution is 5.24. The minimum Gasteiger partial charge on any atom is -0.379 e. The van der Waals surface area contributed by atoms with Crippen LogP contribution in [0.1, 0.15) is 37.4 Å². The van der Waals surface area contributed by atoms with Crippen LogP contribution in [-0.4, -0.2) is 44.3 Å². The Bertz CT molecular complexity index is 396. The number of nitrogens with one attached hydrogen (secondary N) is 1. The third-order valence-corrected chi connectivity index (χ3v) is 4.18. The average Bonchev–Trinajstić information content (AvgIpc) is 2.49. The summed E-state index contributed by atoms with van der Waals surface area (Å²) < 4.78 is 5.50. The van der Waals surface area contributed by atoms with E-state index in [1.807, 2.05) is 0 Å². The first-order chi connectivity index (χ1) is 10.2. The minimum absolute atomic E-state index is 0.460. The Hall–Kier alpha value is -0.900. The first-order valence-corrected chi connectivity index (χ1v) is 8.26. The van der Waals surface area contributed by atoms with Crippen LogP contribution in [-0.2, 0) is 4.74 Å². The van der Waals surface area contributed by atoms with Crippen molar-refractivity contribution in [3.05, 3.63) is 35.4 Å². The molecular formula is C18H30N2O. The van der Waals surface area contributed by atoms with Crippen LogP contribution in [0.15, 0.2) is 24.3 Å². The molecule has 1 atom stereocenters. The molecule has 3 heteroatoms. The van der Waals surface area contributed by atoms with E-state index in [4.69, 9.17) is 4.74 Å². The van der Waals surface area contributed by atoms with Gasteiger partial charge in [0, 0.05) is 25.7 Å². The molecule has 1 unspecified atom stereocenters. The lowest BCUT2D eigenvalue weighted by Crippen LogP contribution is -2.43. The van der Waals surface area contributed by atoms with Crippen molar-refractivity contribution in [2.24, 2.45) is 5.92 Å². The second-order valence-corrected chi connectivity index (χ2v) is 6.46. The molecule has 0 radical (unpaired) electrons. The van der Waals surface area contributed by atoms with Crippen molar-refractivity contribution < 1.29 is 4.74 Å². The molecule has 1 N–H and O–H groups in total. The molecule has 3 nitrogen and oxygen atoms in total. The monoisotopic (exact) mass is 290 g/mol. The van der Waals surface area contributed by atoms with E-state index in [0.29, 0.717) is 6.04 Å². The van der Waals surface area contributed by atoms with E-state index in [0.717, 1.165) is 45.3 Å². The van der Waals surface area contributed by atoms with Crippen molar-refractivity contribution in [2.45, 2.75) is 33.2 Å². The summed E-state index contributed by atoms with van der Waals surface area (Å²) in [6, 6.07) is 9.45. The Morgan fingerprint density at radius 1 is 1.14 bits per heavy atom. The molecule has 1 aliphatic heterocycles. The van der Waals surface area contributed by atoms with E-state index in [9.17, 15) is 0 Å². The fourth-order valence-corrected chi connectivity index (χ4v) is 2.77. The Balaban J connectivity index is 1.97. The van der Waals surface area contributed by atoms with Gasteiger partial charge in [-0.3, -0.25) is 4.90 Å². The average molecular weight is 290 g/mol. The van der Waals surface area contributed by atoms with Gasteiger partial charge in [0.15, 0.2) is 0 Å². The molecule has 1 aliphatic rings. The Kier molecular flexibility index (Phi) is 6.68. The number of aryl methyl sites for hydroxylation is 1. The zero-order valence-corrected chi connectivity index (χ0v) is 13.8. The fraction of sp³-hybridized carbons (Fsp3) is 0.667. The third kappa shape index (κ3) is 5.42. The summed E-state index contributed by atoms with van der Waals surface area (Å²) >= 11 is 0. The smallest absolute Gasteiger partial charge is 0.0594 e. The molecule has 21 heavy (non-hydrogen) atoms. The molecule has 0 amide bonds. The molecule has 1 aromatic carbocycles. The third-order valence-electron chi connectivity index (χ3n) is 4.18. The molecule has 1 aromatic rings. The van der Waals surface area contributed by atoms with Crippen LogP contribution in [0.25, 0.3) is 0 Å². The summed E-state index contributed by atoms with van der Waals surface area (Å²) in [4.78, 5) is 2.55. The summed E-state index contributed by atoms with van der Waals surface area (Å²) in [6.45, 7) is 12.6. The largest absolute Gasteiger partial charge is 0.379 e. The first kappa shape index (κ1) is 16.5. The molecule has 0 aromatic heterocycles. The van der Waals surface area contributed by atoms with Gasteiger partial charge >= 0.3 is 0 Å². The molecule has 0 spiro atoms. The standard InChI is InChI=1S/C18H30N2O/c1-15(2)8-9-19-14-18(20-10-12-21-13-11-20)17-6-4-16(3)5-7-17/h4-7,15,18-19H,8-14H2,1-3H3. The van der Waals surface area contributed by atoms with Gasteiger partial charge in [0.25, 0.3) is 0 Å². The quantitative estimate of drug-likeness (QED) is 0.781. The van der Waals surface area contributed by atoms with Gasteiger partial charge < -0.3 is 10.1 Å². The lowest BCUT2D eigenvalue weighted by atomic mass is 10.0. The summed E-state index contributed by atoms with van der Waals surface area (Å²) in [7, 11) is 0. The summed E-state index contributed by atoms with van der Waals surface area (Å²) in [5.41, 5.74) is 2.74. The topological polar surface area (TPSA) is 24.5 Å². The maximum Gasteiger partial charge on any atom is 0.0594 e. The van der Waals surface area contributed by atoms with Gasteiger partial charge in [-0.1, -0.05) is 43.7 Å². The molecule has 0 saturated carbocycles. The van der Waals surface area contributed by atoms with E-state index in [-0.39, 0.29) is 0 Å². The lowest BCUT2D eigenvalue weighted by molar-refractivity contribution is 0.0161. The normalized spacial score (nSPS) is 18.1. The predicted molar refractivity (Wildman–Crippen MR) is 88.6 cm³/mol. The summed E-state index contributed by atoms with van der Waals surface area (Å²) in [5.74, 6) is 0.763. The molecule has 1 fully saturated rings. The van der Waals surface area contributed by atoms with Gasteiger partial charge in [-0.25, -0.2) is 0 Å².